The maximum atomic E-state index is 13.2. The smallest absolute Gasteiger partial charge is 0.357 e. The number of carbonyl (C=O) groups excluding carboxylic acids is 1. The number of benzene rings is 1. The Hall–Kier alpha value is -3.21. The number of nitrogens with zero attached hydrogens (tertiary/aromatic N) is 3. The average molecular weight is 491 g/mol. The van der Waals surface area contributed by atoms with E-state index in [0.29, 0.717) is 30.6 Å². The predicted molar refractivity (Wildman–Crippen MR) is 125 cm³/mol. The minimum Gasteiger partial charge on any atom is -0.357 e. The largest absolute Gasteiger partial charge is 0.416 e. The highest BCUT2D eigenvalue weighted by Gasteiger charge is 2.33. The summed E-state index contributed by atoms with van der Waals surface area (Å²) in [5, 5.41) is 12.9. The Balaban J connectivity index is 1.32. The number of anilines is 2. The van der Waals surface area contributed by atoms with Crippen LogP contribution in [0.15, 0.2) is 41.1 Å². The Labute approximate surface area is 199 Å². The van der Waals surface area contributed by atoms with Crippen molar-refractivity contribution >= 4 is 29.1 Å². The highest BCUT2D eigenvalue weighted by molar-refractivity contribution is 7.08. The maximum absolute atomic E-state index is 13.2. The summed E-state index contributed by atoms with van der Waals surface area (Å²) in [6, 6.07) is 7.35. The van der Waals surface area contributed by atoms with Crippen LogP contribution in [-0.2, 0) is 17.5 Å². The van der Waals surface area contributed by atoms with Gasteiger partial charge in [0.25, 0.3) is 0 Å². The summed E-state index contributed by atoms with van der Waals surface area (Å²) in [6.45, 7) is -0.143. The monoisotopic (exact) mass is 490 g/mol. The SMILES string of the molecule is CNc1nc(N[C@H]2CC[C@@H](C(=O)NCc3ccccc3C(F)(F)F)CC2)nc(-c2ccsc2)n1. The normalized spacial score (nSPS) is 18.4. The van der Waals surface area contributed by atoms with Crippen molar-refractivity contribution in [1.82, 2.24) is 20.3 Å². The van der Waals surface area contributed by atoms with Gasteiger partial charge in [0.1, 0.15) is 0 Å². The number of carbonyl (C=O) groups is 1. The molecule has 0 aliphatic heterocycles. The highest BCUT2D eigenvalue weighted by Crippen LogP contribution is 2.32. The van der Waals surface area contributed by atoms with Crippen molar-refractivity contribution < 1.29 is 18.0 Å². The lowest BCUT2D eigenvalue weighted by Crippen LogP contribution is -2.36. The summed E-state index contributed by atoms with van der Waals surface area (Å²) in [7, 11) is 1.74. The maximum Gasteiger partial charge on any atom is 0.416 e. The number of halogens is 3. The third-order valence-corrected chi connectivity index (χ3v) is 6.53. The van der Waals surface area contributed by atoms with Crippen molar-refractivity contribution in [2.75, 3.05) is 17.7 Å². The average Bonchev–Trinajstić information content (AvgIpc) is 3.37. The molecule has 180 valence electrons. The Morgan fingerprint density at radius 2 is 1.79 bits per heavy atom. The van der Waals surface area contributed by atoms with Crippen LogP contribution in [0.4, 0.5) is 25.1 Å². The second-order valence-electron chi connectivity index (χ2n) is 8.13. The van der Waals surface area contributed by atoms with E-state index in [1.54, 1.807) is 18.4 Å². The van der Waals surface area contributed by atoms with Crippen LogP contribution in [-0.4, -0.2) is 33.9 Å². The molecule has 0 unspecified atom stereocenters. The van der Waals surface area contributed by atoms with E-state index in [4.69, 9.17) is 0 Å². The molecule has 3 N–H and O–H groups in total. The fraction of sp³-hybridized carbons (Fsp3) is 0.391. The zero-order chi connectivity index (χ0) is 24.1. The standard InChI is InChI=1S/C23H25F3N6OS/c1-27-21-30-19(16-10-11-34-13-16)31-22(32-21)29-17-8-6-14(7-9-17)20(33)28-12-15-4-2-3-5-18(15)23(24,25)26/h2-5,10-11,13-14,17H,6-9,12H2,1H3,(H,28,33)(H2,27,29,30,31,32)/t14-,17+. The van der Waals surface area contributed by atoms with Crippen LogP contribution in [0, 0.1) is 5.92 Å². The second kappa shape index (κ2) is 10.4. The summed E-state index contributed by atoms with van der Waals surface area (Å²) in [4.78, 5) is 25.9. The molecule has 1 saturated carbocycles. The molecule has 0 atom stereocenters. The van der Waals surface area contributed by atoms with E-state index in [2.05, 4.69) is 30.9 Å². The van der Waals surface area contributed by atoms with Crippen LogP contribution in [0.1, 0.15) is 36.8 Å². The molecule has 2 aromatic heterocycles. The molecular weight excluding hydrogens is 465 g/mol. The molecule has 1 aliphatic rings. The fourth-order valence-electron chi connectivity index (χ4n) is 4.03. The zero-order valence-corrected chi connectivity index (χ0v) is 19.3. The lowest BCUT2D eigenvalue weighted by atomic mass is 9.85. The van der Waals surface area contributed by atoms with Gasteiger partial charge in [0.15, 0.2) is 5.82 Å². The molecule has 2 heterocycles. The van der Waals surface area contributed by atoms with Crippen LogP contribution in [0.5, 0.6) is 0 Å². The lowest BCUT2D eigenvalue weighted by molar-refractivity contribution is -0.138. The summed E-state index contributed by atoms with van der Waals surface area (Å²) in [5.41, 5.74) is 0.262. The van der Waals surface area contributed by atoms with E-state index in [-0.39, 0.29) is 30.0 Å². The van der Waals surface area contributed by atoms with Crippen LogP contribution in [0.3, 0.4) is 0 Å². The molecule has 0 radical (unpaired) electrons. The summed E-state index contributed by atoms with van der Waals surface area (Å²) >= 11 is 1.56. The summed E-state index contributed by atoms with van der Waals surface area (Å²) in [6.07, 6.45) is -1.73. The van der Waals surface area contributed by atoms with Gasteiger partial charge in [-0.1, -0.05) is 18.2 Å². The van der Waals surface area contributed by atoms with Gasteiger partial charge in [-0.3, -0.25) is 4.79 Å². The first-order chi connectivity index (χ1) is 16.3. The van der Waals surface area contributed by atoms with Crippen molar-refractivity contribution in [3.05, 3.63) is 52.2 Å². The summed E-state index contributed by atoms with van der Waals surface area (Å²) < 4.78 is 39.5. The predicted octanol–water partition coefficient (Wildman–Crippen LogP) is 4.95. The molecule has 1 amide bonds. The molecule has 1 aliphatic carbocycles. The molecular formula is C23H25F3N6OS. The van der Waals surface area contributed by atoms with Crippen molar-refractivity contribution in [2.45, 2.75) is 44.4 Å². The molecule has 11 heteroatoms. The Kier molecular flexibility index (Phi) is 7.30. The first kappa shape index (κ1) is 23.9. The molecule has 0 spiro atoms. The van der Waals surface area contributed by atoms with Gasteiger partial charge in [0.05, 0.1) is 5.56 Å². The van der Waals surface area contributed by atoms with Gasteiger partial charge in [0.2, 0.25) is 17.8 Å². The van der Waals surface area contributed by atoms with Gasteiger partial charge in [-0.15, -0.1) is 0 Å². The number of amides is 1. The number of rotatable bonds is 7. The molecule has 0 bridgehead atoms. The highest BCUT2D eigenvalue weighted by atomic mass is 32.1. The van der Waals surface area contributed by atoms with E-state index < -0.39 is 11.7 Å². The number of nitrogens with one attached hydrogen (secondary N) is 3. The Bertz CT molecular complexity index is 1110. The first-order valence-corrected chi connectivity index (χ1v) is 11.9. The van der Waals surface area contributed by atoms with Crippen molar-refractivity contribution in [3.63, 3.8) is 0 Å². The van der Waals surface area contributed by atoms with Crippen molar-refractivity contribution in [2.24, 2.45) is 5.92 Å². The van der Waals surface area contributed by atoms with E-state index >= 15 is 0 Å². The topological polar surface area (TPSA) is 91.8 Å². The number of hydrogen-bond acceptors (Lipinski definition) is 7. The first-order valence-electron chi connectivity index (χ1n) is 11.0. The number of thiophene rings is 1. The molecule has 1 aromatic carbocycles. The van der Waals surface area contributed by atoms with E-state index in [1.165, 1.54) is 18.2 Å². The van der Waals surface area contributed by atoms with Gasteiger partial charge in [-0.25, -0.2) is 0 Å². The third kappa shape index (κ3) is 5.82. The number of alkyl halides is 3. The number of hydrogen-bond donors (Lipinski definition) is 3. The second-order valence-corrected chi connectivity index (χ2v) is 8.91. The van der Waals surface area contributed by atoms with Crippen LogP contribution in [0.2, 0.25) is 0 Å². The zero-order valence-electron chi connectivity index (χ0n) is 18.5. The molecule has 4 rings (SSSR count). The van der Waals surface area contributed by atoms with Crippen molar-refractivity contribution in [1.29, 1.82) is 0 Å². The molecule has 0 saturated heterocycles. The van der Waals surface area contributed by atoms with Crippen molar-refractivity contribution in [3.8, 4) is 11.4 Å². The fourth-order valence-corrected chi connectivity index (χ4v) is 4.67. The molecule has 3 aromatic rings. The van der Waals surface area contributed by atoms with Gasteiger partial charge in [-0.2, -0.15) is 39.5 Å². The minimum absolute atomic E-state index is 0.0651. The van der Waals surface area contributed by atoms with E-state index in [1.807, 2.05) is 16.8 Å². The van der Waals surface area contributed by atoms with Gasteiger partial charge >= 0.3 is 6.18 Å². The van der Waals surface area contributed by atoms with Crippen LogP contribution >= 0.6 is 11.3 Å². The Morgan fingerprint density at radius 1 is 1.06 bits per heavy atom. The summed E-state index contributed by atoms with van der Waals surface area (Å²) in [5.74, 6) is 1.06. The molecule has 34 heavy (non-hydrogen) atoms. The van der Waals surface area contributed by atoms with E-state index in [0.717, 1.165) is 24.5 Å². The molecule has 7 nitrogen and oxygen atoms in total. The number of aromatic nitrogens is 3. The van der Waals surface area contributed by atoms with Gasteiger partial charge in [-0.05, 0) is 48.8 Å². The lowest BCUT2D eigenvalue weighted by Gasteiger charge is -2.28. The molecule has 1 fully saturated rings. The quantitative estimate of drug-likeness (QED) is 0.434. The third-order valence-electron chi connectivity index (χ3n) is 5.85. The Morgan fingerprint density at radius 3 is 2.47 bits per heavy atom. The van der Waals surface area contributed by atoms with Crippen LogP contribution < -0.4 is 16.0 Å². The van der Waals surface area contributed by atoms with E-state index in [9.17, 15) is 18.0 Å². The van der Waals surface area contributed by atoms with Gasteiger partial charge < -0.3 is 16.0 Å². The van der Waals surface area contributed by atoms with Gasteiger partial charge in [0, 0.05) is 36.5 Å². The van der Waals surface area contributed by atoms with Crippen LogP contribution in [0.25, 0.3) is 11.4 Å². The minimum atomic E-state index is -4.45.